The molecular weight excluding hydrogens is 560 g/mol. The monoisotopic (exact) mass is 592 g/mol. The Hall–Kier alpha value is -5.76. The third-order valence-corrected chi connectivity index (χ3v) is 5.73. The molecule has 3 rings (SSSR count). The molecule has 44 heavy (non-hydrogen) atoms. The Morgan fingerprint density at radius 3 is 1.11 bits per heavy atom. The summed E-state index contributed by atoms with van der Waals surface area (Å²) in [5.74, 6) is -1.75. The van der Waals surface area contributed by atoms with E-state index in [1.54, 1.807) is 30.3 Å². The quantitative estimate of drug-likeness (QED) is 0.0979. The Morgan fingerprint density at radius 2 is 0.773 bits per heavy atom. The fourth-order valence-electron chi connectivity index (χ4n) is 3.42. The SMILES string of the molecule is C=C(C)C(=O)Oc1cc(C=Cc2ccc(-c3cc(OC(=O)C(=C)C)cc(OC(=O)C(=C)C)c3)cc2)cc(OC(=O)C(=C)C)c1. The minimum Gasteiger partial charge on any atom is -0.423 e. The van der Waals surface area contributed by atoms with Gasteiger partial charge in [-0.3, -0.25) is 0 Å². The Balaban J connectivity index is 1.92. The van der Waals surface area contributed by atoms with Gasteiger partial charge in [-0.2, -0.15) is 0 Å². The first-order valence-electron chi connectivity index (χ1n) is 13.3. The van der Waals surface area contributed by atoms with Crippen LogP contribution in [0.2, 0.25) is 0 Å². The molecule has 0 amide bonds. The van der Waals surface area contributed by atoms with E-state index in [9.17, 15) is 19.2 Å². The van der Waals surface area contributed by atoms with Crippen LogP contribution >= 0.6 is 0 Å². The molecule has 0 radical (unpaired) electrons. The summed E-state index contributed by atoms with van der Waals surface area (Å²) in [5.41, 5.74) is 3.66. The summed E-state index contributed by atoms with van der Waals surface area (Å²) < 4.78 is 21.5. The number of hydrogen-bond acceptors (Lipinski definition) is 8. The maximum Gasteiger partial charge on any atom is 0.338 e. The fourth-order valence-corrected chi connectivity index (χ4v) is 3.42. The summed E-state index contributed by atoms with van der Waals surface area (Å²) in [5, 5.41) is 0. The molecule has 0 aromatic heterocycles. The molecule has 0 saturated heterocycles. The lowest BCUT2D eigenvalue weighted by molar-refractivity contribution is -0.131. The Morgan fingerprint density at radius 1 is 0.455 bits per heavy atom. The molecule has 0 atom stereocenters. The zero-order valence-electron chi connectivity index (χ0n) is 25.0. The van der Waals surface area contributed by atoms with E-state index < -0.39 is 23.9 Å². The van der Waals surface area contributed by atoms with E-state index in [2.05, 4.69) is 26.3 Å². The summed E-state index contributed by atoms with van der Waals surface area (Å²) in [6.45, 7) is 20.5. The first-order chi connectivity index (χ1) is 20.7. The van der Waals surface area contributed by atoms with Gasteiger partial charge in [0.15, 0.2) is 0 Å². The van der Waals surface area contributed by atoms with Gasteiger partial charge in [-0.1, -0.05) is 62.7 Å². The topological polar surface area (TPSA) is 105 Å². The maximum atomic E-state index is 12.1. The van der Waals surface area contributed by atoms with E-state index >= 15 is 0 Å². The van der Waals surface area contributed by atoms with Crippen LogP contribution in [0.25, 0.3) is 23.3 Å². The lowest BCUT2D eigenvalue weighted by Gasteiger charge is -2.11. The van der Waals surface area contributed by atoms with Crippen molar-refractivity contribution in [3.63, 3.8) is 0 Å². The van der Waals surface area contributed by atoms with Crippen molar-refractivity contribution in [2.24, 2.45) is 0 Å². The van der Waals surface area contributed by atoms with Crippen LogP contribution in [0.3, 0.4) is 0 Å². The third-order valence-electron chi connectivity index (χ3n) is 5.73. The van der Waals surface area contributed by atoms with Gasteiger partial charge in [0.2, 0.25) is 0 Å². The van der Waals surface area contributed by atoms with Crippen molar-refractivity contribution in [1.82, 2.24) is 0 Å². The molecule has 0 unspecified atom stereocenters. The number of carbonyl (C=O) groups excluding carboxylic acids is 4. The average molecular weight is 593 g/mol. The number of hydrogen-bond donors (Lipinski definition) is 0. The third kappa shape index (κ3) is 9.39. The molecule has 8 heteroatoms. The Labute approximate surface area is 256 Å². The summed E-state index contributed by atoms with van der Waals surface area (Å²) in [4.78, 5) is 48.4. The molecule has 3 aromatic carbocycles. The van der Waals surface area contributed by atoms with Gasteiger partial charge in [0.05, 0.1) is 0 Å². The molecule has 224 valence electrons. The van der Waals surface area contributed by atoms with Gasteiger partial charge in [0.25, 0.3) is 0 Å². The molecule has 0 heterocycles. The summed E-state index contributed by atoms with van der Waals surface area (Å²) >= 11 is 0. The van der Waals surface area contributed by atoms with Gasteiger partial charge in [-0.25, -0.2) is 19.2 Å². The molecule has 0 spiro atoms. The summed E-state index contributed by atoms with van der Waals surface area (Å²) in [6, 6.07) is 16.8. The van der Waals surface area contributed by atoms with Gasteiger partial charge in [-0.15, -0.1) is 0 Å². The highest BCUT2D eigenvalue weighted by molar-refractivity contribution is 5.91. The smallest absolute Gasteiger partial charge is 0.338 e. The Bertz CT molecular complexity index is 1630. The molecule has 0 saturated carbocycles. The lowest BCUT2D eigenvalue weighted by atomic mass is 10.0. The molecule has 0 aliphatic heterocycles. The van der Waals surface area contributed by atoms with Crippen LogP contribution in [-0.2, 0) is 19.2 Å². The number of carbonyl (C=O) groups is 4. The van der Waals surface area contributed by atoms with E-state index in [0.29, 0.717) is 11.1 Å². The molecule has 8 nitrogen and oxygen atoms in total. The Kier molecular flexibility index (Phi) is 10.7. The van der Waals surface area contributed by atoms with E-state index in [1.165, 1.54) is 39.8 Å². The fraction of sp³-hybridized carbons (Fsp3) is 0.111. The second kappa shape index (κ2) is 14.4. The van der Waals surface area contributed by atoms with E-state index in [4.69, 9.17) is 18.9 Å². The highest BCUT2D eigenvalue weighted by Gasteiger charge is 2.14. The van der Waals surface area contributed by atoms with Crippen LogP contribution in [0.4, 0.5) is 0 Å². The van der Waals surface area contributed by atoms with Crippen LogP contribution in [0, 0.1) is 0 Å². The van der Waals surface area contributed by atoms with Crippen LogP contribution < -0.4 is 18.9 Å². The minimum atomic E-state index is -0.616. The van der Waals surface area contributed by atoms with E-state index in [1.807, 2.05) is 30.3 Å². The highest BCUT2D eigenvalue weighted by Crippen LogP contribution is 2.32. The van der Waals surface area contributed by atoms with Gasteiger partial charge in [-0.05, 0) is 74.2 Å². The molecule has 0 aliphatic rings. The van der Waals surface area contributed by atoms with Gasteiger partial charge < -0.3 is 18.9 Å². The number of benzene rings is 3. The summed E-state index contributed by atoms with van der Waals surface area (Å²) in [6.07, 6.45) is 3.58. The number of ether oxygens (including phenoxy) is 4. The number of esters is 4. The van der Waals surface area contributed by atoms with E-state index in [0.717, 1.165) is 11.1 Å². The van der Waals surface area contributed by atoms with Crippen LogP contribution in [0.15, 0.2) is 109 Å². The minimum absolute atomic E-state index is 0.176. The van der Waals surface area contributed by atoms with Crippen molar-refractivity contribution < 1.29 is 38.1 Å². The molecular formula is C36H32O8. The van der Waals surface area contributed by atoms with Crippen LogP contribution in [-0.4, -0.2) is 23.9 Å². The van der Waals surface area contributed by atoms with Gasteiger partial charge in [0, 0.05) is 34.4 Å². The van der Waals surface area contributed by atoms with Crippen molar-refractivity contribution in [2.45, 2.75) is 27.7 Å². The molecule has 0 aliphatic carbocycles. The van der Waals surface area contributed by atoms with Gasteiger partial charge in [0.1, 0.15) is 23.0 Å². The van der Waals surface area contributed by atoms with Crippen molar-refractivity contribution in [3.05, 3.63) is 120 Å². The first-order valence-corrected chi connectivity index (χ1v) is 13.3. The highest BCUT2D eigenvalue weighted by atomic mass is 16.6. The summed E-state index contributed by atoms with van der Waals surface area (Å²) in [7, 11) is 0. The lowest BCUT2D eigenvalue weighted by Crippen LogP contribution is -2.10. The maximum absolute atomic E-state index is 12.1. The molecule has 0 N–H and O–H groups in total. The zero-order valence-corrected chi connectivity index (χ0v) is 25.0. The predicted molar refractivity (Wildman–Crippen MR) is 169 cm³/mol. The van der Waals surface area contributed by atoms with Crippen molar-refractivity contribution in [1.29, 1.82) is 0 Å². The van der Waals surface area contributed by atoms with Gasteiger partial charge >= 0.3 is 23.9 Å². The predicted octanol–water partition coefficient (Wildman–Crippen LogP) is 7.45. The normalized spacial score (nSPS) is 10.5. The zero-order chi connectivity index (χ0) is 32.6. The standard InChI is InChI=1S/C36H32O8/c1-21(2)33(37)41-29-15-26(16-30(19-29)42-34(38)22(3)4)10-9-25-11-13-27(14-12-25)28-17-31(43-35(39)23(5)6)20-32(18-28)44-36(40)24(7)8/h9-20H,1,3,5,7H2,2,4,6,8H3. The van der Waals surface area contributed by atoms with Crippen molar-refractivity contribution in [3.8, 4) is 34.1 Å². The average Bonchev–Trinajstić information content (AvgIpc) is 2.95. The molecule has 3 aromatic rings. The first kappa shape index (κ1) is 32.8. The second-order valence-corrected chi connectivity index (χ2v) is 10.1. The van der Waals surface area contributed by atoms with Crippen LogP contribution in [0.5, 0.6) is 23.0 Å². The van der Waals surface area contributed by atoms with Crippen molar-refractivity contribution >= 4 is 36.0 Å². The largest absolute Gasteiger partial charge is 0.423 e. The number of rotatable bonds is 11. The molecule has 0 bridgehead atoms. The van der Waals surface area contributed by atoms with Crippen LogP contribution in [0.1, 0.15) is 38.8 Å². The van der Waals surface area contributed by atoms with Crippen molar-refractivity contribution in [2.75, 3.05) is 0 Å². The molecule has 0 fully saturated rings. The van der Waals surface area contributed by atoms with E-state index in [-0.39, 0.29) is 45.3 Å². The second-order valence-electron chi connectivity index (χ2n) is 10.1.